The van der Waals surface area contributed by atoms with E-state index in [2.05, 4.69) is 22.1 Å². The highest BCUT2D eigenvalue weighted by Gasteiger charge is 2.18. The quantitative estimate of drug-likeness (QED) is 0.807. The van der Waals surface area contributed by atoms with Gasteiger partial charge >= 0.3 is 0 Å². The molecule has 5 heteroatoms. The number of aryl methyl sites for hydroxylation is 1. The van der Waals surface area contributed by atoms with Crippen molar-refractivity contribution in [3.8, 4) is 0 Å². The van der Waals surface area contributed by atoms with Gasteiger partial charge in [0.1, 0.15) is 0 Å². The van der Waals surface area contributed by atoms with E-state index in [1.807, 2.05) is 6.26 Å². The monoisotopic (exact) mass is 255 g/mol. The number of rotatable bonds is 5. The average molecular weight is 255 g/mol. The smallest absolute Gasteiger partial charge is 0.226 e. The lowest BCUT2D eigenvalue weighted by atomic mass is 9.94. The molecule has 96 valence electrons. The number of hydrogen-bond donors (Lipinski definition) is 0. The van der Waals surface area contributed by atoms with E-state index in [0.29, 0.717) is 0 Å². The summed E-state index contributed by atoms with van der Waals surface area (Å²) >= 11 is 1.72. The van der Waals surface area contributed by atoms with Crippen LogP contribution in [0.3, 0.4) is 0 Å². The molecule has 1 aromatic heterocycles. The van der Waals surface area contributed by atoms with Crippen molar-refractivity contribution in [3.05, 3.63) is 11.7 Å². The van der Waals surface area contributed by atoms with Crippen molar-refractivity contribution in [2.75, 3.05) is 26.4 Å². The average Bonchev–Trinajstić information content (AvgIpc) is 2.75. The van der Waals surface area contributed by atoms with Crippen LogP contribution in [0.2, 0.25) is 0 Å². The molecule has 1 aliphatic rings. The molecule has 0 unspecified atom stereocenters. The molecular formula is C12H21N3OS. The molecule has 1 atom stereocenters. The third-order valence-corrected chi connectivity index (χ3v) is 3.82. The van der Waals surface area contributed by atoms with Gasteiger partial charge in [0.2, 0.25) is 5.89 Å². The Bertz CT molecular complexity index is 342. The molecule has 0 N–H and O–H groups in total. The Morgan fingerprint density at radius 2 is 2.41 bits per heavy atom. The highest BCUT2D eigenvalue weighted by molar-refractivity contribution is 7.97. The second-order valence-corrected chi connectivity index (χ2v) is 5.71. The predicted octanol–water partition coefficient (Wildman–Crippen LogP) is 2.21. The topological polar surface area (TPSA) is 42.2 Å². The van der Waals surface area contributed by atoms with Gasteiger partial charge in [-0.1, -0.05) is 5.16 Å². The SMILES string of the molecule is CSCc1noc(CC[C@H]2CCCN(C)C2)n1. The van der Waals surface area contributed by atoms with Crippen LogP contribution in [0, 0.1) is 5.92 Å². The summed E-state index contributed by atoms with van der Waals surface area (Å²) in [5, 5.41) is 3.97. The van der Waals surface area contributed by atoms with Crippen molar-refractivity contribution in [3.63, 3.8) is 0 Å². The van der Waals surface area contributed by atoms with E-state index in [4.69, 9.17) is 4.52 Å². The molecule has 2 rings (SSSR count). The van der Waals surface area contributed by atoms with Gasteiger partial charge in [-0.25, -0.2) is 0 Å². The fourth-order valence-electron chi connectivity index (χ4n) is 2.42. The maximum Gasteiger partial charge on any atom is 0.226 e. The lowest BCUT2D eigenvalue weighted by Crippen LogP contribution is -2.32. The summed E-state index contributed by atoms with van der Waals surface area (Å²) < 4.78 is 5.25. The number of thioether (sulfide) groups is 1. The first-order chi connectivity index (χ1) is 8.28. The van der Waals surface area contributed by atoms with Crippen LogP contribution in [-0.2, 0) is 12.2 Å². The molecule has 4 nitrogen and oxygen atoms in total. The van der Waals surface area contributed by atoms with Gasteiger partial charge in [-0.2, -0.15) is 16.7 Å². The minimum Gasteiger partial charge on any atom is -0.339 e. The highest BCUT2D eigenvalue weighted by Crippen LogP contribution is 2.20. The number of nitrogens with zero attached hydrogens (tertiary/aromatic N) is 3. The van der Waals surface area contributed by atoms with Crippen LogP contribution in [-0.4, -0.2) is 41.4 Å². The molecule has 17 heavy (non-hydrogen) atoms. The zero-order chi connectivity index (χ0) is 12.1. The van der Waals surface area contributed by atoms with Gasteiger partial charge in [-0.3, -0.25) is 0 Å². The fourth-order valence-corrected chi connectivity index (χ4v) is 2.79. The summed E-state index contributed by atoms with van der Waals surface area (Å²) in [5.74, 6) is 3.27. The first kappa shape index (κ1) is 12.9. The van der Waals surface area contributed by atoms with Crippen molar-refractivity contribution in [1.82, 2.24) is 15.0 Å². The Hall–Kier alpha value is -0.550. The molecule has 0 radical (unpaired) electrons. The van der Waals surface area contributed by atoms with Crippen molar-refractivity contribution < 1.29 is 4.52 Å². The van der Waals surface area contributed by atoms with Crippen LogP contribution in [0.4, 0.5) is 0 Å². The lowest BCUT2D eigenvalue weighted by Gasteiger charge is -2.29. The van der Waals surface area contributed by atoms with Crippen LogP contribution in [0.15, 0.2) is 4.52 Å². The molecule has 1 saturated heterocycles. The Morgan fingerprint density at radius 1 is 1.53 bits per heavy atom. The number of piperidine rings is 1. The number of hydrogen-bond acceptors (Lipinski definition) is 5. The maximum atomic E-state index is 5.25. The minimum absolute atomic E-state index is 0.796. The largest absolute Gasteiger partial charge is 0.339 e. The van der Waals surface area contributed by atoms with Crippen molar-refractivity contribution in [2.24, 2.45) is 5.92 Å². The molecule has 2 heterocycles. The molecule has 0 saturated carbocycles. The Morgan fingerprint density at radius 3 is 3.18 bits per heavy atom. The summed E-state index contributed by atoms with van der Waals surface area (Å²) in [6.07, 6.45) is 6.82. The van der Waals surface area contributed by atoms with Crippen molar-refractivity contribution >= 4 is 11.8 Å². The summed E-state index contributed by atoms with van der Waals surface area (Å²) in [5.41, 5.74) is 0. The molecule has 0 bridgehead atoms. The third-order valence-electron chi connectivity index (χ3n) is 3.27. The summed E-state index contributed by atoms with van der Waals surface area (Å²) in [4.78, 5) is 6.81. The molecule has 1 fully saturated rings. The van der Waals surface area contributed by atoms with Crippen molar-refractivity contribution in [2.45, 2.75) is 31.4 Å². The van der Waals surface area contributed by atoms with E-state index >= 15 is 0 Å². The van der Waals surface area contributed by atoms with E-state index in [1.54, 1.807) is 11.8 Å². The van der Waals surface area contributed by atoms with E-state index in [-0.39, 0.29) is 0 Å². The standard InChI is InChI=1S/C12H21N3OS/c1-15-7-3-4-10(8-15)5-6-12-13-11(9-17-2)14-16-12/h10H,3-9H2,1-2H3/t10-/m1/s1. The number of likely N-dealkylation sites (tertiary alicyclic amines) is 1. The summed E-state index contributed by atoms with van der Waals surface area (Å²) in [7, 11) is 2.20. The van der Waals surface area contributed by atoms with Crippen molar-refractivity contribution in [1.29, 1.82) is 0 Å². The van der Waals surface area contributed by atoms with Gasteiger partial charge in [0.05, 0.1) is 5.75 Å². The van der Waals surface area contributed by atoms with E-state index in [9.17, 15) is 0 Å². The zero-order valence-electron chi connectivity index (χ0n) is 10.7. The maximum absolute atomic E-state index is 5.25. The molecule has 0 spiro atoms. The number of aromatic nitrogens is 2. The van der Waals surface area contributed by atoms with Gasteiger partial charge in [-0.05, 0) is 45.0 Å². The van der Waals surface area contributed by atoms with E-state index in [1.165, 1.54) is 32.4 Å². The molecule has 1 aromatic rings. The molecule has 1 aliphatic heterocycles. The van der Waals surface area contributed by atoms with Crippen LogP contribution >= 0.6 is 11.8 Å². The Kier molecular flexibility index (Phi) is 4.86. The van der Waals surface area contributed by atoms with Gasteiger partial charge in [0, 0.05) is 13.0 Å². The van der Waals surface area contributed by atoms with Gasteiger partial charge in [0.15, 0.2) is 5.82 Å². The zero-order valence-corrected chi connectivity index (χ0v) is 11.5. The van der Waals surface area contributed by atoms with E-state index < -0.39 is 0 Å². The van der Waals surface area contributed by atoms with E-state index in [0.717, 1.165) is 29.8 Å². The first-order valence-electron chi connectivity index (χ1n) is 6.27. The summed E-state index contributed by atoms with van der Waals surface area (Å²) in [6, 6.07) is 0. The molecule has 0 aromatic carbocycles. The van der Waals surface area contributed by atoms with Crippen LogP contribution < -0.4 is 0 Å². The molecule has 0 aliphatic carbocycles. The Balaban J connectivity index is 1.76. The van der Waals surface area contributed by atoms with Crippen LogP contribution in [0.5, 0.6) is 0 Å². The first-order valence-corrected chi connectivity index (χ1v) is 7.66. The minimum atomic E-state index is 0.796. The fraction of sp³-hybridized carbons (Fsp3) is 0.833. The van der Waals surface area contributed by atoms with Gasteiger partial charge in [0.25, 0.3) is 0 Å². The van der Waals surface area contributed by atoms with Gasteiger partial charge in [-0.15, -0.1) is 0 Å². The lowest BCUT2D eigenvalue weighted by molar-refractivity contribution is 0.199. The molecular weight excluding hydrogens is 234 g/mol. The van der Waals surface area contributed by atoms with Crippen LogP contribution in [0.25, 0.3) is 0 Å². The molecule has 0 amide bonds. The second kappa shape index (κ2) is 6.40. The highest BCUT2D eigenvalue weighted by atomic mass is 32.2. The summed E-state index contributed by atoms with van der Waals surface area (Å²) in [6.45, 7) is 2.46. The second-order valence-electron chi connectivity index (χ2n) is 4.85. The van der Waals surface area contributed by atoms with Gasteiger partial charge < -0.3 is 9.42 Å². The predicted molar refractivity (Wildman–Crippen MR) is 70.1 cm³/mol. The third kappa shape index (κ3) is 4.00. The normalized spacial score (nSPS) is 21.9. The Labute approximate surface area is 107 Å². The van der Waals surface area contributed by atoms with Crippen LogP contribution in [0.1, 0.15) is 31.0 Å².